The third-order valence-corrected chi connectivity index (χ3v) is 6.94. The molecule has 162 valence electrons. The van der Waals surface area contributed by atoms with Crippen molar-refractivity contribution in [2.24, 2.45) is 11.8 Å². The molecule has 0 unspecified atom stereocenters. The van der Waals surface area contributed by atoms with Crippen LogP contribution in [0.1, 0.15) is 19.3 Å². The van der Waals surface area contributed by atoms with Crippen LogP contribution >= 0.6 is 0 Å². The molecule has 5 nitrogen and oxygen atoms in total. The minimum atomic E-state index is -2.57. The molecule has 1 N–H and O–H groups in total. The Morgan fingerprint density at radius 3 is 2.84 bits per heavy atom. The summed E-state index contributed by atoms with van der Waals surface area (Å²) in [5.41, 5.74) is 2.91. The molecule has 6 rings (SSSR count). The second-order valence-electron chi connectivity index (χ2n) is 9.04. The zero-order valence-electron chi connectivity index (χ0n) is 17.4. The summed E-state index contributed by atoms with van der Waals surface area (Å²) in [4.78, 5) is 27.2. The van der Waals surface area contributed by atoms with Crippen molar-refractivity contribution in [1.82, 2.24) is 15.0 Å². The Kier molecular flexibility index (Phi) is 4.28. The fraction of sp³-hybridized carbons (Fsp3) is 0.320. The Morgan fingerprint density at radius 1 is 1.09 bits per heavy atom. The third-order valence-electron chi connectivity index (χ3n) is 6.94. The summed E-state index contributed by atoms with van der Waals surface area (Å²) in [5, 5.41) is 1.49. The van der Waals surface area contributed by atoms with Crippen molar-refractivity contribution in [3.63, 3.8) is 0 Å². The van der Waals surface area contributed by atoms with E-state index in [1.165, 1.54) is 0 Å². The fourth-order valence-corrected chi connectivity index (χ4v) is 5.40. The number of hydrogen-bond donors (Lipinski definition) is 1. The smallest absolute Gasteiger partial charge is 0.248 e. The highest BCUT2D eigenvalue weighted by atomic mass is 19.3. The van der Waals surface area contributed by atoms with E-state index in [0.29, 0.717) is 29.7 Å². The molecule has 0 amide bonds. The summed E-state index contributed by atoms with van der Waals surface area (Å²) in [5.74, 6) is -1.80. The molecule has 1 aliphatic heterocycles. The van der Waals surface area contributed by atoms with Crippen LogP contribution in [0.2, 0.25) is 0 Å². The first kappa shape index (κ1) is 19.3. The maximum atomic E-state index is 14.0. The summed E-state index contributed by atoms with van der Waals surface area (Å²) in [6.07, 6.45) is 3.87. The van der Waals surface area contributed by atoms with E-state index in [0.717, 1.165) is 28.7 Å². The molecule has 2 aliphatic rings. The Bertz CT molecular complexity index is 1400. The predicted octanol–water partition coefficient (Wildman–Crippen LogP) is 5.01. The second kappa shape index (κ2) is 7.08. The number of nitrogens with zero attached hydrogens (tertiary/aromatic N) is 3. The van der Waals surface area contributed by atoms with Gasteiger partial charge in [0.05, 0.1) is 22.1 Å². The summed E-state index contributed by atoms with van der Waals surface area (Å²) in [6.45, 7) is 1.23. The highest BCUT2D eigenvalue weighted by Gasteiger charge is 2.48. The number of piperidine rings is 1. The van der Waals surface area contributed by atoms with Crippen LogP contribution in [0.5, 0.6) is 0 Å². The van der Waals surface area contributed by atoms with Gasteiger partial charge in [-0.05, 0) is 36.5 Å². The van der Waals surface area contributed by atoms with Gasteiger partial charge < -0.3 is 9.88 Å². The molecule has 1 aliphatic carbocycles. The molecule has 2 atom stereocenters. The normalized spacial score (nSPS) is 22.4. The van der Waals surface area contributed by atoms with Gasteiger partial charge in [0.15, 0.2) is 5.43 Å². The molecule has 32 heavy (non-hydrogen) atoms. The van der Waals surface area contributed by atoms with E-state index in [1.807, 2.05) is 30.3 Å². The number of hydrogen-bond acceptors (Lipinski definition) is 4. The number of halogens is 2. The van der Waals surface area contributed by atoms with Gasteiger partial charge in [-0.3, -0.25) is 9.78 Å². The van der Waals surface area contributed by atoms with Crippen molar-refractivity contribution in [3.05, 3.63) is 65.1 Å². The molecule has 4 aromatic rings. The molecule has 4 heterocycles. The topological polar surface area (TPSA) is 61.9 Å². The van der Waals surface area contributed by atoms with Crippen LogP contribution in [-0.2, 0) is 0 Å². The molecule has 0 bridgehead atoms. The SMILES string of the molecule is O=c1cc(-c2cc3ccccc3nc2N2CC[C@H]3CC(F)(F)C[C@@H]3C2)[nH]c2ccncc12. The molecule has 2 fully saturated rings. The molecule has 0 radical (unpaired) electrons. The number of alkyl halides is 2. The Balaban J connectivity index is 1.50. The number of aromatic amines is 1. The fourth-order valence-electron chi connectivity index (χ4n) is 5.40. The molecule has 3 aromatic heterocycles. The van der Waals surface area contributed by atoms with Crippen molar-refractivity contribution in [2.45, 2.75) is 25.2 Å². The average Bonchev–Trinajstić information content (AvgIpc) is 3.11. The van der Waals surface area contributed by atoms with Crippen molar-refractivity contribution in [1.29, 1.82) is 0 Å². The average molecular weight is 432 g/mol. The summed E-state index contributed by atoms with van der Waals surface area (Å²) >= 11 is 0. The van der Waals surface area contributed by atoms with E-state index in [1.54, 1.807) is 24.5 Å². The predicted molar refractivity (Wildman–Crippen MR) is 121 cm³/mol. The lowest BCUT2D eigenvalue weighted by atomic mass is 9.88. The van der Waals surface area contributed by atoms with Gasteiger partial charge in [-0.2, -0.15) is 0 Å². The lowest BCUT2D eigenvalue weighted by Crippen LogP contribution is -2.39. The van der Waals surface area contributed by atoms with Crippen molar-refractivity contribution in [2.75, 3.05) is 18.0 Å². The Hall–Kier alpha value is -3.35. The number of rotatable bonds is 2. The number of benzene rings is 1. The number of H-pyrrole nitrogens is 1. The van der Waals surface area contributed by atoms with Gasteiger partial charge in [0, 0.05) is 55.3 Å². The van der Waals surface area contributed by atoms with Crippen LogP contribution in [0.15, 0.2) is 59.7 Å². The first-order valence-corrected chi connectivity index (χ1v) is 11.0. The zero-order valence-corrected chi connectivity index (χ0v) is 17.4. The summed E-state index contributed by atoms with van der Waals surface area (Å²) in [6, 6.07) is 13.2. The van der Waals surface area contributed by atoms with Gasteiger partial charge in [-0.15, -0.1) is 0 Å². The maximum absolute atomic E-state index is 14.0. The molecule has 1 aromatic carbocycles. The summed E-state index contributed by atoms with van der Waals surface area (Å²) in [7, 11) is 0. The molecule has 7 heteroatoms. The van der Waals surface area contributed by atoms with E-state index in [4.69, 9.17) is 4.98 Å². The number of nitrogens with one attached hydrogen (secondary N) is 1. The highest BCUT2D eigenvalue weighted by molar-refractivity contribution is 5.90. The number of fused-ring (bicyclic) bond motifs is 3. The zero-order chi connectivity index (χ0) is 21.9. The van der Waals surface area contributed by atoms with Crippen LogP contribution in [0.4, 0.5) is 14.6 Å². The monoisotopic (exact) mass is 432 g/mol. The second-order valence-corrected chi connectivity index (χ2v) is 9.04. The standard InChI is InChI=1S/C25H22F2N4O/c26-25(27)11-16-6-8-31(14-17(16)12-25)24-18(9-15-3-1-2-4-20(15)30-24)22-10-23(32)19-13-28-7-5-21(19)29-22/h1-5,7,9-10,13,16-17H,6,8,11-12,14H2,(H,29,32)/t16-,17+/m0/s1. The van der Waals surface area contributed by atoms with Crippen LogP contribution in [0, 0.1) is 11.8 Å². The number of pyridine rings is 3. The number of anilines is 1. The minimum absolute atomic E-state index is 0.00442. The van der Waals surface area contributed by atoms with E-state index in [9.17, 15) is 13.6 Å². The van der Waals surface area contributed by atoms with Crippen LogP contribution in [0.25, 0.3) is 33.1 Å². The van der Waals surface area contributed by atoms with Crippen LogP contribution in [-0.4, -0.2) is 34.0 Å². The van der Waals surface area contributed by atoms with Crippen molar-refractivity contribution < 1.29 is 8.78 Å². The Labute approximate surface area is 183 Å². The number of aromatic nitrogens is 3. The molecule has 0 spiro atoms. The van der Waals surface area contributed by atoms with Gasteiger partial charge >= 0.3 is 0 Å². The Morgan fingerprint density at radius 2 is 1.94 bits per heavy atom. The first-order valence-electron chi connectivity index (χ1n) is 11.0. The summed E-state index contributed by atoms with van der Waals surface area (Å²) < 4.78 is 28.1. The minimum Gasteiger partial charge on any atom is -0.356 e. The first-order chi connectivity index (χ1) is 15.5. The largest absolute Gasteiger partial charge is 0.356 e. The van der Waals surface area contributed by atoms with E-state index >= 15 is 0 Å². The molecule has 1 saturated carbocycles. The van der Waals surface area contributed by atoms with E-state index in [-0.39, 0.29) is 30.1 Å². The van der Waals surface area contributed by atoms with Crippen molar-refractivity contribution in [3.8, 4) is 11.3 Å². The van der Waals surface area contributed by atoms with E-state index < -0.39 is 5.92 Å². The number of para-hydroxylation sites is 1. The molecular formula is C25H22F2N4O. The van der Waals surface area contributed by atoms with Gasteiger partial charge in [-0.1, -0.05) is 18.2 Å². The molecular weight excluding hydrogens is 410 g/mol. The quantitative estimate of drug-likeness (QED) is 0.484. The van der Waals surface area contributed by atoms with Gasteiger partial charge in [0.25, 0.3) is 0 Å². The third kappa shape index (κ3) is 3.23. The lowest BCUT2D eigenvalue weighted by molar-refractivity contribution is 0.00300. The maximum Gasteiger partial charge on any atom is 0.248 e. The van der Waals surface area contributed by atoms with Crippen LogP contribution in [0.3, 0.4) is 0 Å². The van der Waals surface area contributed by atoms with Gasteiger partial charge in [0.2, 0.25) is 5.92 Å². The van der Waals surface area contributed by atoms with Crippen LogP contribution < -0.4 is 10.3 Å². The van der Waals surface area contributed by atoms with Crippen molar-refractivity contribution >= 4 is 27.6 Å². The van der Waals surface area contributed by atoms with E-state index in [2.05, 4.69) is 14.9 Å². The molecule has 1 saturated heterocycles. The van der Waals surface area contributed by atoms with Gasteiger partial charge in [0.1, 0.15) is 5.82 Å². The highest BCUT2D eigenvalue weighted by Crippen LogP contribution is 2.48. The lowest BCUT2D eigenvalue weighted by Gasteiger charge is -2.36. The van der Waals surface area contributed by atoms with Gasteiger partial charge in [-0.25, -0.2) is 13.8 Å².